The van der Waals surface area contributed by atoms with Gasteiger partial charge in [0.2, 0.25) is 5.91 Å². The number of nitrogens with one attached hydrogen (secondary N) is 2. The molecule has 2 N–H and O–H groups in total. The Morgan fingerprint density at radius 3 is 1.96 bits per heavy atom. The van der Waals surface area contributed by atoms with E-state index in [1.54, 1.807) is 18.3 Å². The molecule has 134 valence electrons. The highest BCUT2D eigenvalue weighted by molar-refractivity contribution is 6.04. The highest BCUT2D eigenvalue weighted by Crippen LogP contribution is 2.19. The highest BCUT2D eigenvalue weighted by atomic mass is 16.1. The van der Waals surface area contributed by atoms with Gasteiger partial charge in [0.1, 0.15) is 0 Å². The van der Waals surface area contributed by atoms with Crippen LogP contribution in [0.1, 0.15) is 17.3 Å². The maximum atomic E-state index is 12.3. The Kier molecular flexibility index (Phi) is 5.80. The van der Waals surface area contributed by atoms with Crippen molar-refractivity contribution in [3.63, 3.8) is 0 Å². The molecule has 0 aliphatic rings. The van der Waals surface area contributed by atoms with Gasteiger partial charge in [0.25, 0.3) is 0 Å². The lowest BCUT2D eigenvalue weighted by molar-refractivity contribution is -0.114. The van der Waals surface area contributed by atoms with Crippen molar-refractivity contribution < 1.29 is 9.59 Å². The molecule has 27 heavy (non-hydrogen) atoms. The fourth-order valence-corrected chi connectivity index (χ4v) is 2.62. The van der Waals surface area contributed by atoms with Crippen LogP contribution in [0.5, 0.6) is 0 Å². The van der Waals surface area contributed by atoms with Gasteiger partial charge in [-0.3, -0.25) is 9.59 Å². The summed E-state index contributed by atoms with van der Waals surface area (Å²) in [7, 11) is 0. The van der Waals surface area contributed by atoms with Crippen LogP contribution in [0, 0.1) is 0 Å². The van der Waals surface area contributed by atoms with Gasteiger partial charge in [-0.05, 0) is 35.4 Å². The number of benzene rings is 3. The van der Waals surface area contributed by atoms with E-state index in [0.717, 1.165) is 22.5 Å². The Morgan fingerprint density at radius 1 is 0.741 bits per heavy atom. The van der Waals surface area contributed by atoms with Gasteiger partial charge >= 0.3 is 0 Å². The molecule has 3 aromatic rings. The van der Waals surface area contributed by atoms with Crippen LogP contribution in [0.15, 0.2) is 91.1 Å². The fourth-order valence-electron chi connectivity index (χ4n) is 2.62. The number of carbonyl (C=O) groups excluding carboxylic acids is 2. The van der Waals surface area contributed by atoms with Crippen LogP contribution in [0.25, 0.3) is 11.1 Å². The van der Waals surface area contributed by atoms with Gasteiger partial charge in [0.15, 0.2) is 5.78 Å². The van der Waals surface area contributed by atoms with Crippen molar-refractivity contribution in [3.8, 4) is 11.1 Å². The molecule has 0 aromatic heterocycles. The molecule has 3 rings (SSSR count). The van der Waals surface area contributed by atoms with Gasteiger partial charge in [-0.25, -0.2) is 0 Å². The number of ketones is 1. The van der Waals surface area contributed by atoms with Crippen molar-refractivity contribution in [2.24, 2.45) is 0 Å². The van der Waals surface area contributed by atoms with Gasteiger partial charge < -0.3 is 10.6 Å². The minimum Gasteiger partial charge on any atom is -0.362 e. The van der Waals surface area contributed by atoms with E-state index in [9.17, 15) is 9.59 Å². The topological polar surface area (TPSA) is 58.2 Å². The summed E-state index contributed by atoms with van der Waals surface area (Å²) in [6, 6.07) is 24.8. The van der Waals surface area contributed by atoms with E-state index in [2.05, 4.69) is 10.6 Å². The van der Waals surface area contributed by atoms with E-state index in [-0.39, 0.29) is 11.7 Å². The summed E-state index contributed by atoms with van der Waals surface area (Å²) in [5.41, 5.74) is 4.39. The van der Waals surface area contributed by atoms with Gasteiger partial charge in [-0.1, -0.05) is 54.6 Å². The Morgan fingerprint density at radius 2 is 1.33 bits per heavy atom. The van der Waals surface area contributed by atoms with E-state index in [4.69, 9.17) is 0 Å². The monoisotopic (exact) mass is 356 g/mol. The van der Waals surface area contributed by atoms with Crippen molar-refractivity contribution in [1.82, 2.24) is 0 Å². The number of hydrogen-bond donors (Lipinski definition) is 2. The maximum absolute atomic E-state index is 12.3. The van der Waals surface area contributed by atoms with Gasteiger partial charge in [0.05, 0.1) is 0 Å². The van der Waals surface area contributed by atoms with Crippen molar-refractivity contribution in [2.45, 2.75) is 6.92 Å². The normalized spacial score (nSPS) is 10.6. The Balaban J connectivity index is 1.59. The molecule has 0 aliphatic heterocycles. The second-order valence-corrected chi connectivity index (χ2v) is 6.04. The third-order valence-corrected chi connectivity index (χ3v) is 3.97. The van der Waals surface area contributed by atoms with Crippen LogP contribution in [-0.2, 0) is 4.79 Å². The fraction of sp³-hybridized carbons (Fsp3) is 0.0435. The molecule has 4 heteroatoms. The molecule has 0 radical (unpaired) electrons. The zero-order valence-corrected chi connectivity index (χ0v) is 15.0. The quantitative estimate of drug-likeness (QED) is 0.476. The van der Waals surface area contributed by atoms with E-state index in [0.29, 0.717) is 5.56 Å². The standard InChI is InChI=1S/C23H20N2O2/c1-17(26)25-22-13-11-21(12-14-22)24-16-15-23(27)20-9-7-19(8-10-20)18-5-3-2-4-6-18/h2-16,24H,1H3,(H,25,26)/b16-15-. The molecule has 0 aliphatic carbocycles. The summed E-state index contributed by atoms with van der Waals surface area (Å²) in [5, 5.41) is 5.75. The summed E-state index contributed by atoms with van der Waals surface area (Å²) in [5.74, 6) is -0.184. The lowest BCUT2D eigenvalue weighted by atomic mass is 10.0. The predicted molar refractivity (Wildman–Crippen MR) is 110 cm³/mol. The molecular weight excluding hydrogens is 336 g/mol. The summed E-state index contributed by atoms with van der Waals surface area (Å²) in [6.07, 6.45) is 3.11. The molecule has 0 bridgehead atoms. The second kappa shape index (κ2) is 8.63. The van der Waals surface area contributed by atoms with Crippen molar-refractivity contribution in [2.75, 3.05) is 10.6 Å². The first kappa shape index (κ1) is 18.1. The van der Waals surface area contributed by atoms with E-state index >= 15 is 0 Å². The average molecular weight is 356 g/mol. The second-order valence-electron chi connectivity index (χ2n) is 6.04. The number of anilines is 2. The molecule has 0 saturated heterocycles. The number of hydrogen-bond acceptors (Lipinski definition) is 3. The van der Waals surface area contributed by atoms with Crippen molar-refractivity contribution in [1.29, 1.82) is 0 Å². The van der Waals surface area contributed by atoms with Crippen LogP contribution in [0.3, 0.4) is 0 Å². The molecule has 0 fully saturated rings. The Hall–Kier alpha value is -3.66. The molecule has 3 aromatic carbocycles. The largest absolute Gasteiger partial charge is 0.362 e. The summed E-state index contributed by atoms with van der Waals surface area (Å²) >= 11 is 0. The van der Waals surface area contributed by atoms with Crippen LogP contribution in [-0.4, -0.2) is 11.7 Å². The SMILES string of the molecule is CC(=O)Nc1ccc(N/C=C\C(=O)c2ccc(-c3ccccc3)cc2)cc1. The lowest BCUT2D eigenvalue weighted by Gasteiger charge is -2.04. The van der Waals surface area contributed by atoms with Crippen LogP contribution < -0.4 is 10.6 Å². The molecule has 0 atom stereocenters. The smallest absolute Gasteiger partial charge is 0.221 e. The number of allylic oxidation sites excluding steroid dienone is 1. The lowest BCUT2D eigenvalue weighted by Crippen LogP contribution is -2.05. The zero-order valence-electron chi connectivity index (χ0n) is 15.0. The molecule has 0 heterocycles. The van der Waals surface area contributed by atoms with E-state index < -0.39 is 0 Å². The third-order valence-electron chi connectivity index (χ3n) is 3.97. The molecular formula is C23H20N2O2. The van der Waals surface area contributed by atoms with Crippen molar-refractivity contribution >= 4 is 23.1 Å². The minimum absolute atomic E-state index is 0.0722. The van der Waals surface area contributed by atoms with Crippen LogP contribution in [0.2, 0.25) is 0 Å². The first-order valence-electron chi connectivity index (χ1n) is 8.62. The predicted octanol–water partition coefficient (Wildman–Crippen LogP) is 5.12. The van der Waals surface area contributed by atoms with E-state index in [1.807, 2.05) is 66.7 Å². The minimum atomic E-state index is -0.112. The summed E-state index contributed by atoms with van der Waals surface area (Å²) in [4.78, 5) is 23.3. The van der Waals surface area contributed by atoms with Gasteiger partial charge in [-0.2, -0.15) is 0 Å². The molecule has 0 saturated carbocycles. The molecule has 0 spiro atoms. The Bertz CT molecular complexity index is 944. The average Bonchev–Trinajstić information content (AvgIpc) is 2.69. The Labute approximate surface area is 158 Å². The highest BCUT2D eigenvalue weighted by Gasteiger charge is 2.03. The van der Waals surface area contributed by atoms with Crippen LogP contribution >= 0.6 is 0 Å². The maximum Gasteiger partial charge on any atom is 0.221 e. The number of amides is 1. The first-order chi connectivity index (χ1) is 13.1. The number of carbonyl (C=O) groups is 2. The first-order valence-corrected chi connectivity index (χ1v) is 8.62. The molecule has 1 amide bonds. The molecule has 0 unspecified atom stereocenters. The van der Waals surface area contributed by atoms with Gasteiger partial charge in [0, 0.05) is 36.1 Å². The third kappa shape index (κ3) is 5.16. The van der Waals surface area contributed by atoms with Gasteiger partial charge in [-0.15, -0.1) is 0 Å². The summed E-state index contributed by atoms with van der Waals surface area (Å²) in [6.45, 7) is 1.47. The van der Waals surface area contributed by atoms with Crippen LogP contribution in [0.4, 0.5) is 11.4 Å². The number of rotatable bonds is 6. The summed E-state index contributed by atoms with van der Waals surface area (Å²) < 4.78 is 0. The molecule has 4 nitrogen and oxygen atoms in total. The van der Waals surface area contributed by atoms with E-state index in [1.165, 1.54) is 13.0 Å². The zero-order chi connectivity index (χ0) is 19.1. The van der Waals surface area contributed by atoms with Crippen molar-refractivity contribution in [3.05, 3.63) is 96.7 Å².